The maximum atomic E-state index is 12.1. The van der Waals surface area contributed by atoms with E-state index in [4.69, 9.17) is 4.74 Å². The monoisotopic (exact) mass is 305 g/mol. The van der Waals surface area contributed by atoms with Crippen molar-refractivity contribution in [2.75, 3.05) is 13.1 Å². The number of ether oxygens (including phenoxy) is 1. The van der Waals surface area contributed by atoms with Gasteiger partial charge in [-0.25, -0.2) is 4.79 Å². The Balaban J connectivity index is 2.05. The van der Waals surface area contributed by atoms with Crippen molar-refractivity contribution in [3.8, 4) is 0 Å². The minimum Gasteiger partial charge on any atom is -0.444 e. The number of β-amino-alcohol motifs (C(OH)–C–C–N with tert-alkyl or cyclic N) is 1. The van der Waals surface area contributed by atoms with Crippen molar-refractivity contribution in [2.45, 2.75) is 58.7 Å². The van der Waals surface area contributed by atoms with E-state index in [0.717, 1.165) is 12.0 Å². The number of nitrogens with zero attached hydrogens (tertiary/aromatic N) is 1. The summed E-state index contributed by atoms with van der Waals surface area (Å²) in [6.07, 6.45) is -0.142. The molecule has 0 spiro atoms. The highest BCUT2D eigenvalue weighted by molar-refractivity contribution is 5.68. The quantitative estimate of drug-likeness (QED) is 0.865. The number of rotatable bonds is 1. The molecule has 0 saturated carbocycles. The van der Waals surface area contributed by atoms with Crippen molar-refractivity contribution < 1.29 is 14.6 Å². The first kappa shape index (κ1) is 16.8. The van der Waals surface area contributed by atoms with E-state index in [1.54, 1.807) is 4.90 Å². The zero-order valence-corrected chi connectivity index (χ0v) is 14.2. The van der Waals surface area contributed by atoms with Gasteiger partial charge in [0.05, 0.1) is 12.6 Å². The lowest BCUT2D eigenvalue weighted by molar-refractivity contribution is -0.00153. The number of piperidine rings is 1. The van der Waals surface area contributed by atoms with Gasteiger partial charge in [-0.2, -0.15) is 0 Å². The first-order valence-electron chi connectivity index (χ1n) is 7.90. The second-order valence-corrected chi connectivity index (χ2v) is 7.31. The fourth-order valence-electron chi connectivity index (χ4n) is 3.04. The third kappa shape index (κ3) is 4.23. The summed E-state index contributed by atoms with van der Waals surface area (Å²) in [6.45, 7) is 10.6. The van der Waals surface area contributed by atoms with Gasteiger partial charge in [-0.15, -0.1) is 0 Å². The van der Waals surface area contributed by atoms with Crippen LogP contribution in [0.1, 0.15) is 49.8 Å². The average Bonchev–Trinajstić information content (AvgIpc) is 2.35. The van der Waals surface area contributed by atoms with Gasteiger partial charge in [0, 0.05) is 12.5 Å². The highest BCUT2D eigenvalue weighted by Gasteiger charge is 2.33. The molecule has 4 nitrogen and oxygen atoms in total. The Morgan fingerprint density at radius 3 is 2.32 bits per heavy atom. The average molecular weight is 305 g/mol. The van der Waals surface area contributed by atoms with Crippen LogP contribution in [-0.4, -0.2) is 40.9 Å². The Hall–Kier alpha value is -1.55. The van der Waals surface area contributed by atoms with Gasteiger partial charge in [-0.1, -0.05) is 29.3 Å². The largest absolute Gasteiger partial charge is 0.444 e. The van der Waals surface area contributed by atoms with Crippen LogP contribution in [0.15, 0.2) is 18.2 Å². The predicted molar refractivity (Wildman–Crippen MR) is 87.1 cm³/mol. The van der Waals surface area contributed by atoms with Gasteiger partial charge in [-0.3, -0.25) is 0 Å². The number of carbonyl (C=O) groups excluding carboxylic acids is 1. The molecule has 4 heteroatoms. The molecule has 1 aromatic rings. The van der Waals surface area contributed by atoms with Crippen LogP contribution in [0.4, 0.5) is 4.79 Å². The molecule has 0 aliphatic carbocycles. The molecular weight excluding hydrogens is 278 g/mol. The number of aliphatic hydroxyl groups is 1. The lowest BCUT2D eigenvalue weighted by atomic mass is 9.86. The first-order chi connectivity index (χ1) is 10.2. The van der Waals surface area contributed by atoms with E-state index < -0.39 is 11.7 Å². The number of aliphatic hydroxyl groups excluding tert-OH is 1. The van der Waals surface area contributed by atoms with Crippen LogP contribution < -0.4 is 0 Å². The molecule has 1 aliphatic rings. The van der Waals surface area contributed by atoms with Crippen LogP contribution >= 0.6 is 0 Å². The Morgan fingerprint density at radius 2 is 1.82 bits per heavy atom. The summed E-state index contributed by atoms with van der Waals surface area (Å²) in [5.74, 6) is 0.0808. The van der Waals surface area contributed by atoms with E-state index in [9.17, 15) is 9.90 Å². The Bertz CT molecular complexity index is 528. The Morgan fingerprint density at radius 1 is 1.23 bits per heavy atom. The molecule has 0 radical (unpaired) electrons. The number of likely N-dealkylation sites (tertiary alicyclic amines) is 1. The highest BCUT2D eigenvalue weighted by atomic mass is 16.6. The molecule has 122 valence electrons. The van der Waals surface area contributed by atoms with E-state index in [1.807, 2.05) is 20.8 Å². The van der Waals surface area contributed by atoms with Crippen molar-refractivity contribution in [1.82, 2.24) is 4.90 Å². The fraction of sp³-hybridized carbons (Fsp3) is 0.611. The van der Waals surface area contributed by atoms with Crippen LogP contribution in [0.3, 0.4) is 0 Å². The molecule has 1 heterocycles. The first-order valence-corrected chi connectivity index (χ1v) is 7.90. The van der Waals surface area contributed by atoms with Crippen molar-refractivity contribution >= 4 is 6.09 Å². The molecule has 1 fully saturated rings. The van der Waals surface area contributed by atoms with Gasteiger partial charge >= 0.3 is 6.09 Å². The predicted octanol–water partition coefficient (Wildman–Crippen LogP) is 3.39. The fourth-order valence-corrected chi connectivity index (χ4v) is 3.04. The maximum absolute atomic E-state index is 12.1. The normalized spacial score (nSPS) is 22.5. The van der Waals surface area contributed by atoms with Gasteiger partial charge in [0.1, 0.15) is 5.60 Å². The number of carbonyl (C=O) groups is 1. The molecule has 0 aromatic heterocycles. The van der Waals surface area contributed by atoms with Gasteiger partial charge in [0.25, 0.3) is 0 Å². The van der Waals surface area contributed by atoms with Gasteiger partial charge in [-0.05, 0) is 46.6 Å². The number of hydrogen-bond donors (Lipinski definition) is 1. The summed E-state index contributed by atoms with van der Waals surface area (Å²) in [7, 11) is 0. The lowest BCUT2D eigenvalue weighted by Gasteiger charge is -2.37. The second kappa shape index (κ2) is 6.29. The van der Waals surface area contributed by atoms with Crippen molar-refractivity contribution in [1.29, 1.82) is 0 Å². The summed E-state index contributed by atoms with van der Waals surface area (Å²) in [5, 5.41) is 10.5. The molecule has 1 amide bonds. The Labute approximate surface area is 133 Å². The van der Waals surface area contributed by atoms with Gasteiger partial charge in [0.2, 0.25) is 0 Å². The van der Waals surface area contributed by atoms with E-state index in [1.165, 1.54) is 11.1 Å². The van der Waals surface area contributed by atoms with Crippen molar-refractivity contribution in [3.05, 3.63) is 34.9 Å². The molecule has 0 unspecified atom stereocenters. The van der Waals surface area contributed by atoms with Crippen LogP contribution in [0.25, 0.3) is 0 Å². The number of hydrogen-bond acceptors (Lipinski definition) is 3. The highest BCUT2D eigenvalue weighted by Crippen LogP contribution is 2.30. The minimum absolute atomic E-state index is 0.0808. The molecule has 2 rings (SSSR count). The molecule has 1 aromatic carbocycles. The summed E-state index contributed by atoms with van der Waals surface area (Å²) in [5.41, 5.74) is 3.06. The smallest absolute Gasteiger partial charge is 0.410 e. The topological polar surface area (TPSA) is 49.8 Å². The molecular formula is C18H27NO3. The van der Waals surface area contributed by atoms with Crippen molar-refractivity contribution in [3.63, 3.8) is 0 Å². The zero-order chi connectivity index (χ0) is 16.5. The number of aryl methyl sites for hydroxylation is 2. The van der Waals surface area contributed by atoms with Crippen LogP contribution in [0.2, 0.25) is 0 Å². The van der Waals surface area contributed by atoms with E-state index in [2.05, 4.69) is 32.0 Å². The summed E-state index contributed by atoms with van der Waals surface area (Å²) in [6, 6.07) is 6.39. The van der Waals surface area contributed by atoms with E-state index in [-0.39, 0.29) is 12.0 Å². The van der Waals surface area contributed by atoms with E-state index >= 15 is 0 Å². The second-order valence-electron chi connectivity index (χ2n) is 7.31. The van der Waals surface area contributed by atoms with Gasteiger partial charge in [0.15, 0.2) is 0 Å². The summed E-state index contributed by atoms with van der Waals surface area (Å²) in [4.78, 5) is 13.7. The summed E-state index contributed by atoms with van der Waals surface area (Å²) < 4.78 is 5.38. The Kier molecular flexibility index (Phi) is 4.81. The maximum Gasteiger partial charge on any atom is 0.410 e. The molecule has 2 atom stereocenters. The summed E-state index contributed by atoms with van der Waals surface area (Å²) >= 11 is 0. The van der Waals surface area contributed by atoms with Crippen LogP contribution in [-0.2, 0) is 4.74 Å². The third-order valence-electron chi connectivity index (χ3n) is 3.91. The van der Waals surface area contributed by atoms with Crippen LogP contribution in [0.5, 0.6) is 0 Å². The zero-order valence-electron chi connectivity index (χ0n) is 14.2. The van der Waals surface area contributed by atoms with E-state index in [0.29, 0.717) is 13.1 Å². The van der Waals surface area contributed by atoms with Crippen LogP contribution in [0, 0.1) is 13.8 Å². The number of benzene rings is 1. The number of amides is 1. The SMILES string of the molecule is Cc1cc(C)cc([C@@H]2CCN(C(=O)OC(C)(C)C)C[C@H]2O)c1. The standard InChI is InChI=1S/C18H27NO3/c1-12-8-13(2)10-14(9-12)15-6-7-19(11-16(15)20)17(21)22-18(3,4)5/h8-10,15-16,20H,6-7,11H2,1-5H3/t15-,16+/m0/s1. The van der Waals surface area contributed by atoms with Crippen molar-refractivity contribution in [2.24, 2.45) is 0 Å². The lowest BCUT2D eigenvalue weighted by Crippen LogP contribution is -2.47. The minimum atomic E-state index is -0.553. The van der Waals surface area contributed by atoms with Gasteiger partial charge < -0.3 is 14.7 Å². The molecule has 1 saturated heterocycles. The third-order valence-corrected chi connectivity index (χ3v) is 3.91. The molecule has 0 bridgehead atoms. The molecule has 22 heavy (non-hydrogen) atoms. The molecule has 1 aliphatic heterocycles. The molecule has 1 N–H and O–H groups in total.